The maximum Gasteiger partial charge on any atom is 0.297 e. The number of hydrogen-bond acceptors (Lipinski definition) is 4. The Kier molecular flexibility index (Phi) is 4.78. The molecule has 1 unspecified atom stereocenters. The number of hydrogen-bond donors (Lipinski definition) is 0. The molecule has 0 saturated carbocycles. The van der Waals surface area contributed by atoms with Crippen LogP contribution in [0, 0.1) is 0 Å². The van der Waals surface area contributed by atoms with E-state index in [2.05, 4.69) is 21.2 Å². The third kappa shape index (κ3) is 3.12. The van der Waals surface area contributed by atoms with Crippen LogP contribution < -0.4 is 0 Å². The zero-order valence-corrected chi connectivity index (χ0v) is 15.7. The van der Waals surface area contributed by atoms with Gasteiger partial charge in [-0.25, -0.2) is 8.78 Å². The molecule has 0 bridgehead atoms. The first kappa shape index (κ1) is 18.5. The summed E-state index contributed by atoms with van der Waals surface area (Å²) in [4.78, 5) is 19.7. The molecular formula is C20H21F2N5O. The van der Waals surface area contributed by atoms with Crippen molar-refractivity contribution in [2.75, 3.05) is 0 Å². The predicted octanol–water partition coefficient (Wildman–Crippen LogP) is 3.99. The fourth-order valence-electron chi connectivity index (χ4n) is 3.92. The summed E-state index contributed by atoms with van der Waals surface area (Å²) >= 11 is 0. The van der Waals surface area contributed by atoms with E-state index in [4.69, 9.17) is 0 Å². The largest absolute Gasteiger partial charge is 0.328 e. The highest BCUT2D eigenvalue weighted by Gasteiger charge is 2.33. The summed E-state index contributed by atoms with van der Waals surface area (Å²) in [5, 5.41) is 7.26. The van der Waals surface area contributed by atoms with Gasteiger partial charge in [-0.2, -0.15) is 0 Å². The third-order valence-electron chi connectivity index (χ3n) is 5.16. The molecule has 3 heterocycles. The van der Waals surface area contributed by atoms with Crippen LogP contribution in [0.15, 0.2) is 36.7 Å². The first-order chi connectivity index (χ1) is 13.5. The maximum atomic E-state index is 13.4. The monoisotopic (exact) mass is 385 g/mol. The van der Waals surface area contributed by atoms with Crippen LogP contribution >= 0.6 is 0 Å². The molecule has 4 rings (SSSR count). The molecule has 0 radical (unpaired) electrons. The number of halogens is 2. The van der Waals surface area contributed by atoms with E-state index in [9.17, 15) is 13.6 Å². The summed E-state index contributed by atoms with van der Waals surface area (Å²) in [6.07, 6.45) is 3.13. The number of amides is 1. The molecule has 0 aliphatic heterocycles. The van der Waals surface area contributed by atoms with E-state index in [0.29, 0.717) is 5.56 Å². The molecule has 0 N–H and O–H groups in total. The fourth-order valence-corrected chi connectivity index (χ4v) is 3.92. The Labute approximate surface area is 161 Å². The number of pyridine rings is 2. The summed E-state index contributed by atoms with van der Waals surface area (Å²) in [6.45, 7) is 3.91. The molecule has 28 heavy (non-hydrogen) atoms. The Bertz CT molecular complexity index is 1020. The van der Waals surface area contributed by atoms with Gasteiger partial charge in [-0.3, -0.25) is 14.2 Å². The second kappa shape index (κ2) is 7.26. The number of aromatic nitrogens is 4. The second-order valence-electron chi connectivity index (χ2n) is 7.27. The topological polar surface area (TPSA) is 63.4 Å². The SMILES string of the molecule is CC(C)N(C(=O)c1ccc2nnc(C(F)F)n2c1)C1CCCc2cccnc21. The fraction of sp³-hybridized carbons (Fsp3) is 0.400. The van der Waals surface area contributed by atoms with Crippen molar-refractivity contribution in [1.29, 1.82) is 0 Å². The van der Waals surface area contributed by atoms with E-state index in [1.807, 2.05) is 19.9 Å². The van der Waals surface area contributed by atoms with Gasteiger partial charge in [-0.05, 0) is 56.9 Å². The van der Waals surface area contributed by atoms with E-state index in [0.717, 1.165) is 30.5 Å². The van der Waals surface area contributed by atoms with Crippen molar-refractivity contribution in [3.8, 4) is 0 Å². The molecule has 6 nitrogen and oxygen atoms in total. The normalized spacial score (nSPS) is 16.6. The summed E-state index contributed by atoms with van der Waals surface area (Å²) < 4.78 is 27.5. The number of carbonyl (C=O) groups is 1. The summed E-state index contributed by atoms with van der Waals surface area (Å²) in [5.41, 5.74) is 2.69. The Morgan fingerprint density at radius 1 is 1.25 bits per heavy atom. The van der Waals surface area contributed by atoms with Crippen LogP contribution in [0.5, 0.6) is 0 Å². The number of nitrogens with zero attached hydrogens (tertiary/aromatic N) is 5. The van der Waals surface area contributed by atoms with Gasteiger partial charge in [0, 0.05) is 18.4 Å². The van der Waals surface area contributed by atoms with E-state index >= 15 is 0 Å². The van der Waals surface area contributed by atoms with Crippen LogP contribution in [-0.2, 0) is 6.42 Å². The van der Waals surface area contributed by atoms with Gasteiger partial charge in [0.15, 0.2) is 5.65 Å². The molecule has 3 aromatic heterocycles. The van der Waals surface area contributed by atoms with Crippen LogP contribution in [-0.4, -0.2) is 36.4 Å². The van der Waals surface area contributed by atoms with Crippen molar-refractivity contribution in [1.82, 2.24) is 24.5 Å². The molecule has 0 spiro atoms. The van der Waals surface area contributed by atoms with Crippen molar-refractivity contribution in [3.05, 3.63) is 59.3 Å². The molecule has 1 aliphatic carbocycles. The molecule has 146 valence electrons. The van der Waals surface area contributed by atoms with Crippen LogP contribution in [0.4, 0.5) is 8.78 Å². The molecular weight excluding hydrogens is 364 g/mol. The predicted molar refractivity (Wildman–Crippen MR) is 99.2 cm³/mol. The lowest BCUT2D eigenvalue weighted by molar-refractivity contribution is 0.0575. The van der Waals surface area contributed by atoms with Gasteiger partial charge in [-0.1, -0.05) is 6.07 Å². The molecule has 3 aromatic rings. The lowest BCUT2D eigenvalue weighted by Gasteiger charge is -2.37. The lowest BCUT2D eigenvalue weighted by Crippen LogP contribution is -2.41. The highest BCUT2D eigenvalue weighted by Crippen LogP contribution is 2.35. The third-order valence-corrected chi connectivity index (χ3v) is 5.16. The van der Waals surface area contributed by atoms with E-state index < -0.39 is 12.2 Å². The highest BCUT2D eigenvalue weighted by atomic mass is 19.3. The summed E-state index contributed by atoms with van der Waals surface area (Å²) in [6, 6.07) is 6.90. The molecule has 0 fully saturated rings. The van der Waals surface area contributed by atoms with Gasteiger partial charge in [0.2, 0.25) is 5.82 Å². The zero-order valence-electron chi connectivity index (χ0n) is 15.7. The number of carbonyl (C=O) groups excluding carboxylic acids is 1. The molecule has 0 saturated heterocycles. The summed E-state index contributed by atoms with van der Waals surface area (Å²) in [7, 11) is 0. The van der Waals surface area contributed by atoms with Crippen LogP contribution in [0.3, 0.4) is 0 Å². The second-order valence-corrected chi connectivity index (χ2v) is 7.27. The number of aryl methyl sites for hydroxylation is 1. The molecule has 1 amide bonds. The van der Waals surface area contributed by atoms with Gasteiger partial charge >= 0.3 is 0 Å². The van der Waals surface area contributed by atoms with Gasteiger partial charge in [0.25, 0.3) is 12.3 Å². The van der Waals surface area contributed by atoms with Gasteiger partial charge in [0.05, 0.1) is 17.3 Å². The van der Waals surface area contributed by atoms with E-state index in [1.165, 1.54) is 16.7 Å². The first-order valence-corrected chi connectivity index (χ1v) is 9.36. The Hall–Kier alpha value is -2.90. The highest BCUT2D eigenvalue weighted by molar-refractivity contribution is 5.94. The Morgan fingerprint density at radius 3 is 2.82 bits per heavy atom. The average Bonchev–Trinajstić information content (AvgIpc) is 3.11. The minimum absolute atomic E-state index is 0.0726. The number of alkyl halides is 2. The molecule has 1 atom stereocenters. The molecule has 8 heteroatoms. The minimum atomic E-state index is -2.77. The molecule has 1 aliphatic rings. The van der Waals surface area contributed by atoms with Gasteiger partial charge < -0.3 is 4.90 Å². The van der Waals surface area contributed by atoms with Crippen LogP contribution in [0.1, 0.15) is 66.6 Å². The maximum absolute atomic E-state index is 13.4. The van der Waals surface area contributed by atoms with Crippen LogP contribution in [0.25, 0.3) is 5.65 Å². The average molecular weight is 385 g/mol. The van der Waals surface area contributed by atoms with Gasteiger partial charge in [0.1, 0.15) is 0 Å². The van der Waals surface area contributed by atoms with E-state index in [-0.39, 0.29) is 23.6 Å². The molecule has 0 aromatic carbocycles. The van der Waals surface area contributed by atoms with Crippen molar-refractivity contribution in [2.24, 2.45) is 0 Å². The van der Waals surface area contributed by atoms with Crippen LogP contribution in [0.2, 0.25) is 0 Å². The minimum Gasteiger partial charge on any atom is -0.328 e. The van der Waals surface area contributed by atoms with Crippen molar-refractivity contribution in [2.45, 2.75) is 51.6 Å². The van der Waals surface area contributed by atoms with Gasteiger partial charge in [-0.15, -0.1) is 10.2 Å². The number of fused-ring (bicyclic) bond motifs is 2. The standard InChI is InChI=1S/C20H21F2N5O/c1-12(2)27(15-7-3-5-13-6-4-10-23-17(13)15)20(28)14-8-9-16-24-25-19(18(21)22)26(16)11-14/h4,6,8-12,15,18H,3,5,7H2,1-2H3. The lowest BCUT2D eigenvalue weighted by atomic mass is 9.90. The van der Waals surface area contributed by atoms with Crippen molar-refractivity contribution in [3.63, 3.8) is 0 Å². The van der Waals surface area contributed by atoms with Crippen molar-refractivity contribution < 1.29 is 13.6 Å². The van der Waals surface area contributed by atoms with E-state index in [1.54, 1.807) is 17.2 Å². The Balaban J connectivity index is 1.74. The quantitative estimate of drug-likeness (QED) is 0.681. The number of rotatable bonds is 4. The zero-order chi connectivity index (χ0) is 19.8. The Morgan fingerprint density at radius 2 is 2.07 bits per heavy atom. The first-order valence-electron chi connectivity index (χ1n) is 9.36. The van der Waals surface area contributed by atoms with Crippen molar-refractivity contribution >= 4 is 11.6 Å². The smallest absolute Gasteiger partial charge is 0.297 e. The summed E-state index contributed by atoms with van der Waals surface area (Å²) in [5.74, 6) is -0.681.